The first-order valence-corrected chi connectivity index (χ1v) is 4.95. The summed E-state index contributed by atoms with van der Waals surface area (Å²) < 4.78 is 0. The summed E-state index contributed by atoms with van der Waals surface area (Å²) in [6, 6.07) is 11.2. The van der Waals surface area contributed by atoms with Gasteiger partial charge in [-0.3, -0.25) is 0 Å². The van der Waals surface area contributed by atoms with Gasteiger partial charge in [-0.1, -0.05) is 11.6 Å². The van der Waals surface area contributed by atoms with Gasteiger partial charge in [-0.25, -0.2) is 0 Å². The van der Waals surface area contributed by atoms with Crippen molar-refractivity contribution in [3.8, 4) is 24.3 Å². The lowest BCUT2D eigenvalue weighted by Gasteiger charge is -2.06. The predicted molar refractivity (Wildman–Crippen MR) is 63.7 cm³/mol. The van der Waals surface area contributed by atoms with E-state index >= 15 is 0 Å². The molecule has 0 amide bonds. The SMILES string of the molecule is N#CC(C#N)=C(C#N)Nc1ccc(C#N)cc1Cl. The van der Waals surface area contributed by atoms with Crippen LogP contribution in [0.4, 0.5) is 5.69 Å². The van der Waals surface area contributed by atoms with Gasteiger partial charge >= 0.3 is 0 Å². The van der Waals surface area contributed by atoms with Crippen molar-refractivity contribution in [1.82, 2.24) is 0 Å². The number of nitrogens with zero attached hydrogens (tertiary/aromatic N) is 4. The van der Waals surface area contributed by atoms with Gasteiger partial charge in [0.25, 0.3) is 0 Å². The van der Waals surface area contributed by atoms with Crippen LogP contribution >= 0.6 is 11.6 Å². The van der Waals surface area contributed by atoms with Crippen LogP contribution in [0, 0.1) is 45.3 Å². The van der Waals surface area contributed by atoms with Gasteiger partial charge in [0.05, 0.1) is 22.3 Å². The Kier molecular flexibility index (Phi) is 4.30. The zero-order valence-corrected chi connectivity index (χ0v) is 9.65. The molecule has 0 radical (unpaired) electrons. The van der Waals surface area contributed by atoms with Gasteiger partial charge in [0.2, 0.25) is 0 Å². The van der Waals surface area contributed by atoms with Gasteiger partial charge in [0.15, 0.2) is 5.57 Å². The van der Waals surface area contributed by atoms with Crippen molar-refractivity contribution in [3.63, 3.8) is 0 Å². The van der Waals surface area contributed by atoms with Crippen LogP contribution in [0.15, 0.2) is 29.5 Å². The number of anilines is 1. The van der Waals surface area contributed by atoms with Crippen molar-refractivity contribution >= 4 is 17.3 Å². The predicted octanol–water partition coefficient (Wildman–Crippen LogP) is 2.45. The molecule has 1 N–H and O–H groups in total. The lowest BCUT2D eigenvalue weighted by atomic mass is 10.2. The van der Waals surface area contributed by atoms with Gasteiger partial charge in [0, 0.05) is 0 Å². The first-order chi connectivity index (χ1) is 8.65. The van der Waals surface area contributed by atoms with Crippen LogP contribution in [-0.2, 0) is 0 Å². The first kappa shape index (κ1) is 13.1. The lowest BCUT2D eigenvalue weighted by Crippen LogP contribution is -2.01. The van der Waals surface area contributed by atoms with Crippen molar-refractivity contribution in [2.45, 2.75) is 0 Å². The molecule has 0 heterocycles. The fourth-order valence-corrected chi connectivity index (χ4v) is 1.33. The number of halogens is 1. The molecule has 18 heavy (non-hydrogen) atoms. The van der Waals surface area contributed by atoms with E-state index in [9.17, 15) is 0 Å². The smallest absolute Gasteiger partial charge is 0.163 e. The van der Waals surface area contributed by atoms with E-state index in [1.165, 1.54) is 18.2 Å². The van der Waals surface area contributed by atoms with Gasteiger partial charge in [-0.05, 0) is 18.2 Å². The number of hydrogen-bond donors (Lipinski definition) is 1. The molecule has 0 aliphatic heterocycles. The molecule has 0 saturated heterocycles. The quantitative estimate of drug-likeness (QED) is 0.815. The van der Waals surface area contributed by atoms with E-state index < -0.39 is 0 Å². The summed E-state index contributed by atoms with van der Waals surface area (Å²) in [5.41, 5.74) is 0.188. The molecule has 0 spiro atoms. The summed E-state index contributed by atoms with van der Waals surface area (Å²) in [4.78, 5) is 0. The fourth-order valence-electron chi connectivity index (χ4n) is 1.10. The molecule has 1 aromatic rings. The minimum Gasteiger partial charge on any atom is -0.344 e. The molecule has 0 unspecified atom stereocenters. The van der Waals surface area contributed by atoms with E-state index in [4.69, 9.17) is 32.6 Å². The number of allylic oxidation sites excluding steroid dienone is 2. The van der Waals surface area contributed by atoms with Crippen molar-refractivity contribution in [3.05, 3.63) is 40.1 Å². The zero-order valence-electron chi connectivity index (χ0n) is 8.90. The highest BCUT2D eigenvalue weighted by atomic mass is 35.5. The summed E-state index contributed by atoms with van der Waals surface area (Å²) in [5, 5.41) is 37.6. The molecule has 1 aromatic carbocycles. The zero-order chi connectivity index (χ0) is 13.5. The van der Waals surface area contributed by atoms with E-state index in [-0.39, 0.29) is 16.3 Å². The van der Waals surface area contributed by atoms with Gasteiger partial charge < -0.3 is 5.32 Å². The lowest BCUT2D eigenvalue weighted by molar-refractivity contribution is 1.37. The summed E-state index contributed by atoms with van der Waals surface area (Å²) in [7, 11) is 0. The molecular weight excluding hydrogens is 250 g/mol. The largest absolute Gasteiger partial charge is 0.344 e. The number of hydrogen-bond acceptors (Lipinski definition) is 5. The Morgan fingerprint density at radius 1 is 1.06 bits per heavy atom. The van der Waals surface area contributed by atoms with E-state index in [1.807, 2.05) is 6.07 Å². The Labute approximate surface area is 108 Å². The standard InChI is InChI=1S/C12H4ClN5/c13-10-3-8(4-14)1-2-11(10)18-12(7-17)9(5-15)6-16/h1-3,18H. The molecule has 0 aliphatic rings. The Balaban J connectivity index is 3.19. The van der Waals surface area contributed by atoms with E-state index in [0.29, 0.717) is 11.3 Å². The minimum absolute atomic E-state index is 0.188. The number of benzene rings is 1. The van der Waals surface area contributed by atoms with Crippen LogP contribution < -0.4 is 5.32 Å². The Morgan fingerprint density at radius 3 is 2.17 bits per heavy atom. The Hall–Kier alpha value is -2.99. The molecule has 0 bridgehead atoms. The molecule has 0 aliphatic carbocycles. The normalized spacial score (nSPS) is 8.06. The van der Waals surface area contributed by atoms with Crippen LogP contribution in [0.2, 0.25) is 5.02 Å². The molecule has 84 valence electrons. The number of rotatable bonds is 2. The van der Waals surface area contributed by atoms with Crippen LogP contribution in [0.3, 0.4) is 0 Å². The second kappa shape index (κ2) is 5.92. The summed E-state index contributed by atoms with van der Waals surface area (Å²) in [6.07, 6.45) is 0. The fraction of sp³-hybridized carbons (Fsp3) is 0. The summed E-state index contributed by atoms with van der Waals surface area (Å²) in [5.74, 6) is 0. The molecule has 0 fully saturated rings. The minimum atomic E-state index is -0.335. The first-order valence-electron chi connectivity index (χ1n) is 4.57. The van der Waals surface area contributed by atoms with E-state index in [1.54, 1.807) is 18.2 Å². The molecule has 1 rings (SSSR count). The third-order valence-electron chi connectivity index (χ3n) is 1.94. The molecule has 0 atom stereocenters. The van der Waals surface area contributed by atoms with Crippen LogP contribution in [-0.4, -0.2) is 0 Å². The van der Waals surface area contributed by atoms with E-state index in [0.717, 1.165) is 0 Å². The maximum atomic E-state index is 8.84. The van der Waals surface area contributed by atoms with Crippen LogP contribution in [0.5, 0.6) is 0 Å². The summed E-state index contributed by atoms with van der Waals surface area (Å²) >= 11 is 5.89. The van der Waals surface area contributed by atoms with Crippen molar-refractivity contribution < 1.29 is 0 Å². The monoisotopic (exact) mass is 253 g/mol. The Morgan fingerprint density at radius 2 is 1.72 bits per heavy atom. The van der Waals surface area contributed by atoms with Crippen LogP contribution in [0.25, 0.3) is 0 Å². The average molecular weight is 254 g/mol. The van der Waals surface area contributed by atoms with Crippen molar-refractivity contribution in [2.24, 2.45) is 0 Å². The average Bonchev–Trinajstić information content (AvgIpc) is 2.40. The highest BCUT2D eigenvalue weighted by Crippen LogP contribution is 2.24. The topological polar surface area (TPSA) is 107 Å². The number of nitriles is 4. The Bertz CT molecular complexity index is 660. The van der Waals surface area contributed by atoms with Crippen molar-refractivity contribution in [1.29, 1.82) is 21.0 Å². The third-order valence-corrected chi connectivity index (χ3v) is 2.26. The van der Waals surface area contributed by atoms with Crippen LogP contribution in [0.1, 0.15) is 5.56 Å². The number of nitrogens with one attached hydrogen (secondary N) is 1. The molecule has 0 saturated carbocycles. The maximum absolute atomic E-state index is 8.84. The third kappa shape index (κ3) is 2.77. The summed E-state index contributed by atoms with van der Waals surface area (Å²) in [6.45, 7) is 0. The molecule has 5 nitrogen and oxygen atoms in total. The van der Waals surface area contributed by atoms with Gasteiger partial charge in [-0.2, -0.15) is 21.0 Å². The highest BCUT2D eigenvalue weighted by molar-refractivity contribution is 6.33. The second-order valence-electron chi connectivity index (χ2n) is 3.02. The molecule has 6 heteroatoms. The highest BCUT2D eigenvalue weighted by Gasteiger charge is 2.08. The van der Waals surface area contributed by atoms with Crippen molar-refractivity contribution in [2.75, 3.05) is 5.32 Å². The van der Waals surface area contributed by atoms with Gasteiger partial charge in [-0.15, -0.1) is 0 Å². The van der Waals surface area contributed by atoms with E-state index in [2.05, 4.69) is 5.32 Å². The maximum Gasteiger partial charge on any atom is 0.163 e. The molecular formula is C12H4ClN5. The van der Waals surface area contributed by atoms with Gasteiger partial charge in [0.1, 0.15) is 23.9 Å². The molecule has 0 aromatic heterocycles. The second-order valence-corrected chi connectivity index (χ2v) is 3.42.